The van der Waals surface area contributed by atoms with Crippen LogP contribution in [0.25, 0.3) is 0 Å². The number of piperazine rings is 1. The standard InChI is InChI=1S/C25H30FN3O2/c26-22-12-6-7-19(17-22)18-27-24(30)23(20-8-4-5-9-20)28-13-15-29(16-14-28)25(31)21-10-2-1-3-11-21/h1-3,6-7,10-12,17,20,23H,4-5,8-9,13-16,18H2,(H,27,30). The van der Waals surface area contributed by atoms with Crippen molar-refractivity contribution in [2.75, 3.05) is 26.2 Å². The molecule has 5 nitrogen and oxygen atoms in total. The second kappa shape index (κ2) is 10.1. The van der Waals surface area contributed by atoms with Crippen molar-refractivity contribution in [3.05, 3.63) is 71.5 Å². The lowest BCUT2D eigenvalue weighted by molar-refractivity contribution is -0.129. The topological polar surface area (TPSA) is 52.7 Å². The van der Waals surface area contributed by atoms with Gasteiger partial charge in [0.1, 0.15) is 5.82 Å². The van der Waals surface area contributed by atoms with Gasteiger partial charge in [0.25, 0.3) is 5.91 Å². The van der Waals surface area contributed by atoms with Crippen LogP contribution in [0.5, 0.6) is 0 Å². The highest BCUT2D eigenvalue weighted by molar-refractivity contribution is 5.94. The summed E-state index contributed by atoms with van der Waals surface area (Å²) in [6.07, 6.45) is 4.43. The normalized spacial score (nSPS) is 18.7. The molecule has 1 aliphatic heterocycles. The largest absolute Gasteiger partial charge is 0.351 e. The van der Waals surface area contributed by atoms with E-state index in [0.717, 1.165) is 31.2 Å². The predicted molar refractivity (Wildman–Crippen MR) is 118 cm³/mol. The molecule has 1 aliphatic carbocycles. The Morgan fingerprint density at radius 2 is 1.68 bits per heavy atom. The molecular weight excluding hydrogens is 393 g/mol. The number of hydrogen-bond acceptors (Lipinski definition) is 3. The fraction of sp³-hybridized carbons (Fsp3) is 0.440. The molecule has 0 spiro atoms. The number of nitrogens with one attached hydrogen (secondary N) is 1. The number of nitrogens with zero attached hydrogens (tertiary/aromatic N) is 2. The van der Waals surface area contributed by atoms with Crippen LogP contribution in [0.3, 0.4) is 0 Å². The molecular formula is C25H30FN3O2. The third kappa shape index (κ3) is 5.31. The molecule has 2 aliphatic rings. The number of rotatable bonds is 6. The molecule has 1 atom stereocenters. The molecule has 2 amide bonds. The van der Waals surface area contributed by atoms with Gasteiger partial charge in [0, 0.05) is 38.3 Å². The molecule has 164 valence electrons. The molecule has 2 aromatic carbocycles. The van der Waals surface area contributed by atoms with Gasteiger partial charge in [-0.2, -0.15) is 0 Å². The Labute approximate surface area is 183 Å². The van der Waals surface area contributed by atoms with Gasteiger partial charge >= 0.3 is 0 Å². The monoisotopic (exact) mass is 423 g/mol. The zero-order valence-electron chi connectivity index (χ0n) is 17.8. The quantitative estimate of drug-likeness (QED) is 0.774. The number of hydrogen-bond donors (Lipinski definition) is 1. The summed E-state index contributed by atoms with van der Waals surface area (Å²) in [7, 11) is 0. The summed E-state index contributed by atoms with van der Waals surface area (Å²) >= 11 is 0. The van der Waals surface area contributed by atoms with Crippen molar-refractivity contribution < 1.29 is 14.0 Å². The molecule has 1 saturated carbocycles. The fourth-order valence-corrected chi connectivity index (χ4v) is 4.86. The SMILES string of the molecule is O=C(NCc1cccc(F)c1)C(C1CCCC1)N1CCN(C(=O)c2ccccc2)CC1. The summed E-state index contributed by atoms with van der Waals surface area (Å²) < 4.78 is 13.5. The van der Waals surface area contributed by atoms with Gasteiger partial charge in [-0.3, -0.25) is 14.5 Å². The Kier molecular flexibility index (Phi) is 6.97. The van der Waals surface area contributed by atoms with Crippen molar-refractivity contribution in [2.45, 2.75) is 38.3 Å². The molecule has 1 unspecified atom stereocenters. The first-order valence-electron chi connectivity index (χ1n) is 11.2. The minimum Gasteiger partial charge on any atom is -0.351 e. The minimum absolute atomic E-state index is 0.0130. The van der Waals surface area contributed by atoms with Crippen LogP contribution >= 0.6 is 0 Å². The average molecular weight is 424 g/mol. The number of benzene rings is 2. The van der Waals surface area contributed by atoms with Gasteiger partial charge < -0.3 is 10.2 Å². The number of carbonyl (C=O) groups excluding carboxylic acids is 2. The predicted octanol–water partition coefficient (Wildman–Crippen LogP) is 3.46. The second-order valence-corrected chi connectivity index (χ2v) is 8.53. The molecule has 0 radical (unpaired) electrons. The van der Waals surface area contributed by atoms with Crippen molar-refractivity contribution in [3.8, 4) is 0 Å². The Morgan fingerprint density at radius 3 is 2.35 bits per heavy atom. The van der Waals surface area contributed by atoms with Crippen LogP contribution in [0.2, 0.25) is 0 Å². The van der Waals surface area contributed by atoms with Crippen LogP contribution in [-0.4, -0.2) is 53.8 Å². The first-order valence-corrected chi connectivity index (χ1v) is 11.2. The van der Waals surface area contributed by atoms with Crippen LogP contribution < -0.4 is 5.32 Å². The summed E-state index contributed by atoms with van der Waals surface area (Å²) in [4.78, 5) is 30.1. The highest BCUT2D eigenvalue weighted by Crippen LogP contribution is 2.31. The molecule has 0 bridgehead atoms. The van der Waals surface area contributed by atoms with Crippen molar-refractivity contribution in [2.24, 2.45) is 5.92 Å². The molecule has 1 saturated heterocycles. The Hall–Kier alpha value is -2.73. The van der Waals surface area contributed by atoms with E-state index in [0.29, 0.717) is 44.2 Å². The van der Waals surface area contributed by atoms with E-state index >= 15 is 0 Å². The van der Waals surface area contributed by atoms with Gasteiger partial charge in [-0.25, -0.2) is 4.39 Å². The molecule has 31 heavy (non-hydrogen) atoms. The summed E-state index contributed by atoms with van der Waals surface area (Å²) in [5.74, 6) is 0.106. The van der Waals surface area contributed by atoms with Crippen molar-refractivity contribution >= 4 is 11.8 Å². The molecule has 2 aromatic rings. The van der Waals surface area contributed by atoms with E-state index in [9.17, 15) is 14.0 Å². The number of halogens is 1. The van der Waals surface area contributed by atoms with Crippen LogP contribution in [-0.2, 0) is 11.3 Å². The highest BCUT2D eigenvalue weighted by Gasteiger charge is 2.37. The zero-order chi connectivity index (χ0) is 21.6. The molecule has 6 heteroatoms. The van der Waals surface area contributed by atoms with Crippen LogP contribution in [0.15, 0.2) is 54.6 Å². The van der Waals surface area contributed by atoms with Crippen molar-refractivity contribution in [1.29, 1.82) is 0 Å². The zero-order valence-corrected chi connectivity index (χ0v) is 17.8. The first kappa shape index (κ1) is 21.5. The van der Waals surface area contributed by atoms with E-state index in [2.05, 4.69) is 10.2 Å². The van der Waals surface area contributed by atoms with Crippen molar-refractivity contribution in [3.63, 3.8) is 0 Å². The maximum absolute atomic E-state index is 13.5. The maximum atomic E-state index is 13.5. The van der Waals surface area contributed by atoms with E-state index in [4.69, 9.17) is 0 Å². The Bertz CT molecular complexity index is 891. The molecule has 1 N–H and O–H groups in total. The van der Waals surface area contributed by atoms with Gasteiger partial charge in [0.15, 0.2) is 0 Å². The third-order valence-corrected chi connectivity index (χ3v) is 6.49. The Balaban J connectivity index is 1.39. The second-order valence-electron chi connectivity index (χ2n) is 8.53. The van der Waals surface area contributed by atoms with Gasteiger partial charge in [0.05, 0.1) is 6.04 Å². The summed E-state index contributed by atoms with van der Waals surface area (Å²) in [6, 6.07) is 15.5. The molecule has 2 fully saturated rings. The van der Waals surface area contributed by atoms with Gasteiger partial charge in [-0.1, -0.05) is 43.2 Å². The number of amides is 2. The minimum atomic E-state index is -0.293. The average Bonchev–Trinajstić information content (AvgIpc) is 3.33. The van der Waals surface area contributed by atoms with E-state index < -0.39 is 0 Å². The molecule has 0 aromatic heterocycles. The lowest BCUT2D eigenvalue weighted by Gasteiger charge is -2.40. The maximum Gasteiger partial charge on any atom is 0.253 e. The van der Waals surface area contributed by atoms with Gasteiger partial charge in [-0.15, -0.1) is 0 Å². The smallest absolute Gasteiger partial charge is 0.253 e. The summed E-state index contributed by atoms with van der Waals surface area (Å²) in [6.45, 7) is 2.94. The van der Waals surface area contributed by atoms with Gasteiger partial charge in [0.2, 0.25) is 5.91 Å². The summed E-state index contributed by atoms with van der Waals surface area (Å²) in [5, 5.41) is 3.03. The Morgan fingerprint density at radius 1 is 0.968 bits per heavy atom. The lowest BCUT2D eigenvalue weighted by atomic mass is 9.94. The van der Waals surface area contributed by atoms with Crippen LogP contribution in [0.1, 0.15) is 41.6 Å². The van der Waals surface area contributed by atoms with Gasteiger partial charge in [-0.05, 0) is 48.6 Å². The van der Waals surface area contributed by atoms with E-state index in [1.54, 1.807) is 6.07 Å². The van der Waals surface area contributed by atoms with E-state index in [-0.39, 0.29) is 23.7 Å². The lowest BCUT2D eigenvalue weighted by Crippen LogP contribution is -2.57. The highest BCUT2D eigenvalue weighted by atomic mass is 19.1. The van der Waals surface area contributed by atoms with Crippen LogP contribution in [0, 0.1) is 11.7 Å². The molecule has 1 heterocycles. The summed E-state index contributed by atoms with van der Waals surface area (Å²) in [5.41, 5.74) is 1.47. The van der Waals surface area contributed by atoms with E-state index in [1.165, 1.54) is 12.1 Å². The van der Waals surface area contributed by atoms with E-state index in [1.807, 2.05) is 41.3 Å². The van der Waals surface area contributed by atoms with Crippen LogP contribution in [0.4, 0.5) is 4.39 Å². The molecule has 4 rings (SSSR count). The van der Waals surface area contributed by atoms with Crippen molar-refractivity contribution in [1.82, 2.24) is 15.1 Å². The first-order chi connectivity index (χ1) is 15.1. The fourth-order valence-electron chi connectivity index (χ4n) is 4.86. The number of carbonyl (C=O) groups is 2. The third-order valence-electron chi connectivity index (χ3n) is 6.49.